The molecule has 0 radical (unpaired) electrons. The molecule has 0 saturated heterocycles. The third-order valence-corrected chi connectivity index (χ3v) is 9.25. The van der Waals surface area contributed by atoms with Crippen LogP contribution in [0.5, 0.6) is 5.75 Å². The van der Waals surface area contributed by atoms with Crippen LogP contribution < -0.4 is 20.7 Å². The second-order valence-corrected chi connectivity index (χ2v) is 12.5. The lowest BCUT2D eigenvalue weighted by Gasteiger charge is -2.29. The van der Waals surface area contributed by atoms with Crippen LogP contribution in [0.15, 0.2) is 67.0 Å². The number of carboxylic acids is 1. The molecule has 11 nitrogen and oxygen atoms in total. The average molecular weight is 679 g/mol. The lowest BCUT2D eigenvalue weighted by molar-refractivity contribution is -0.138. The zero-order valence-electron chi connectivity index (χ0n) is 25.5. The Morgan fingerprint density at radius 1 is 1.11 bits per heavy atom. The van der Waals surface area contributed by atoms with Gasteiger partial charge < -0.3 is 25.6 Å². The first-order valence-electron chi connectivity index (χ1n) is 15.1. The van der Waals surface area contributed by atoms with Crippen LogP contribution in [0.4, 0.5) is 10.5 Å². The van der Waals surface area contributed by atoms with Gasteiger partial charge in [-0.2, -0.15) is 5.10 Å². The third-order valence-electron chi connectivity index (χ3n) is 8.47. The zero-order valence-corrected chi connectivity index (χ0v) is 27.0. The van der Waals surface area contributed by atoms with Gasteiger partial charge in [0.15, 0.2) is 0 Å². The number of aromatic nitrogens is 2. The standard InChI is InChI=1S/C34H33Cl2N5O6/c1-19-26(35)5-3-7-30(19)46-10-11-47-34(45)41-18-21-13-25(21)31-24(4-2-6-29(31)41)23-14-39-40(17-23)16-22-12-20(8-9-27(22)36)32(42)38-15-28(37)33(43)44/h2-9,12,14,17,21,25,28H,10-11,13,15-16,18,37H2,1H3,(H,38,42)(H,43,44)/t21-,25-,28+/m0/s1. The number of carbonyl (C=O) groups excluding carboxylic acids is 2. The number of nitrogens with one attached hydrogen (secondary N) is 1. The quantitative estimate of drug-likeness (QED) is 0.176. The van der Waals surface area contributed by atoms with Gasteiger partial charge in [-0.25, -0.2) is 4.79 Å². The van der Waals surface area contributed by atoms with E-state index in [1.165, 1.54) is 0 Å². The van der Waals surface area contributed by atoms with Crippen LogP contribution in [0, 0.1) is 12.8 Å². The molecule has 0 spiro atoms. The first kappa shape index (κ1) is 32.4. The second-order valence-electron chi connectivity index (χ2n) is 11.7. The maximum atomic E-state index is 13.3. The number of halogens is 2. The molecule has 47 heavy (non-hydrogen) atoms. The molecule has 2 aliphatic rings. The minimum Gasteiger partial charge on any atom is -0.490 e. The van der Waals surface area contributed by atoms with Crippen LogP contribution in [0.1, 0.15) is 39.4 Å². The summed E-state index contributed by atoms with van der Waals surface area (Å²) in [7, 11) is 0. The fraction of sp³-hybridized carbons (Fsp3) is 0.294. The van der Waals surface area contributed by atoms with E-state index in [0.717, 1.165) is 34.4 Å². The molecule has 4 N–H and O–H groups in total. The van der Waals surface area contributed by atoms with Crippen molar-refractivity contribution in [3.8, 4) is 16.9 Å². The highest BCUT2D eigenvalue weighted by molar-refractivity contribution is 6.31. The molecule has 244 valence electrons. The predicted molar refractivity (Wildman–Crippen MR) is 177 cm³/mol. The molecule has 13 heteroatoms. The molecule has 6 rings (SSSR count). The highest BCUT2D eigenvalue weighted by atomic mass is 35.5. The lowest BCUT2D eigenvalue weighted by atomic mass is 9.93. The van der Waals surface area contributed by atoms with E-state index in [9.17, 15) is 14.4 Å². The number of rotatable bonds is 11. The molecule has 2 amide bonds. The van der Waals surface area contributed by atoms with E-state index >= 15 is 0 Å². The van der Waals surface area contributed by atoms with Crippen molar-refractivity contribution >= 4 is 46.9 Å². The normalized spacial score (nSPS) is 16.9. The highest BCUT2D eigenvalue weighted by Crippen LogP contribution is 2.57. The second kappa shape index (κ2) is 13.6. The molecule has 3 atom stereocenters. The molecule has 1 fully saturated rings. The Kier molecular flexibility index (Phi) is 9.40. The van der Waals surface area contributed by atoms with Crippen LogP contribution >= 0.6 is 23.2 Å². The van der Waals surface area contributed by atoms with Crippen molar-refractivity contribution in [2.24, 2.45) is 11.7 Å². The third kappa shape index (κ3) is 7.07. The summed E-state index contributed by atoms with van der Waals surface area (Å²) < 4.78 is 13.1. The summed E-state index contributed by atoms with van der Waals surface area (Å²) in [6.07, 6.45) is 4.26. The molecule has 1 aromatic heterocycles. The van der Waals surface area contributed by atoms with Gasteiger partial charge in [-0.3, -0.25) is 19.2 Å². The van der Waals surface area contributed by atoms with Crippen molar-refractivity contribution in [1.82, 2.24) is 15.1 Å². The van der Waals surface area contributed by atoms with E-state index in [1.54, 1.807) is 40.0 Å². The average Bonchev–Trinajstić information content (AvgIpc) is 3.71. The molecular weight excluding hydrogens is 645 g/mol. The molecule has 4 aromatic rings. The summed E-state index contributed by atoms with van der Waals surface area (Å²) in [5.41, 5.74) is 11.1. The van der Waals surface area contributed by atoms with Crippen LogP contribution in [0.25, 0.3) is 11.1 Å². The number of carboxylic acid groups (broad SMARTS) is 1. The van der Waals surface area contributed by atoms with Gasteiger partial charge in [0, 0.05) is 46.0 Å². The van der Waals surface area contributed by atoms with Crippen molar-refractivity contribution in [1.29, 1.82) is 0 Å². The molecule has 0 bridgehead atoms. The van der Waals surface area contributed by atoms with E-state index in [2.05, 4.69) is 10.4 Å². The number of anilines is 1. The SMILES string of the molecule is Cc1c(Cl)cccc1OCCOC(=O)N1C[C@@H]2C[C@@H]2c2c(-c3cnn(Cc4cc(C(=O)NC[C@@H](N)C(=O)O)ccc4Cl)c3)cccc21. The number of amides is 2. The van der Waals surface area contributed by atoms with Crippen molar-refractivity contribution in [3.05, 3.63) is 99.3 Å². The monoisotopic (exact) mass is 677 g/mol. The minimum atomic E-state index is -1.20. The summed E-state index contributed by atoms with van der Waals surface area (Å²) in [5, 5.41) is 17.1. The molecular formula is C34H33Cl2N5O6. The fourth-order valence-electron chi connectivity index (χ4n) is 5.83. The first-order valence-corrected chi connectivity index (χ1v) is 15.9. The summed E-state index contributed by atoms with van der Waals surface area (Å²) in [5.74, 6) is -0.299. The smallest absolute Gasteiger partial charge is 0.414 e. The van der Waals surface area contributed by atoms with Crippen molar-refractivity contribution in [2.75, 3.05) is 31.2 Å². The van der Waals surface area contributed by atoms with Crippen LogP contribution in [-0.2, 0) is 16.1 Å². The number of carbonyl (C=O) groups is 3. The van der Waals surface area contributed by atoms with Crippen LogP contribution in [-0.4, -0.2) is 65.2 Å². The Labute approximate surface area is 281 Å². The molecule has 0 unspecified atom stereocenters. The van der Waals surface area contributed by atoms with Gasteiger partial charge in [0.05, 0.1) is 18.4 Å². The summed E-state index contributed by atoms with van der Waals surface area (Å²) in [4.78, 5) is 38.5. The number of benzene rings is 3. The van der Waals surface area contributed by atoms with E-state index in [4.69, 9.17) is 43.5 Å². The number of fused-ring (bicyclic) bond motifs is 3. The first-order chi connectivity index (χ1) is 22.6. The molecule has 1 aliphatic heterocycles. The highest BCUT2D eigenvalue weighted by Gasteiger charge is 2.48. The Balaban J connectivity index is 1.14. The van der Waals surface area contributed by atoms with Gasteiger partial charge in [-0.05, 0) is 78.3 Å². The van der Waals surface area contributed by atoms with E-state index in [1.807, 2.05) is 43.5 Å². The van der Waals surface area contributed by atoms with Crippen LogP contribution in [0.2, 0.25) is 10.0 Å². The summed E-state index contributed by atoms with van der Waals surface area (Å²) >= 11 is 12.6. The number of hydrogen-bond acceptors (Lipinski definition) is 7. The molecule has 1 saturated carbocycles. The Bertz CT molecular complexity index is 1850. The minimum absolute atomic E-state index is 0.0957. The summed E-state index contributed by atoms with van der Waals surface area (Å²) in [6, 6.07) is 15.0. The number of nitrogens with two attached hydrogens (primary N) is 1. The topological polar surface area (TPSA) is 149 Å². The maximum Gasteiger partial charge on any atom is 0.414 e. The molecule has 3 aromatic carbocycles. The van der Waals surface area contributed by atoms with Gasteiger partial charge in [0.1, 0.15) is 25.0 Å². The molecule has 1 aliphatic carbocycles. The van der Waals surface area contributed by atoms with Gasteiger partial charge in [-0.15, -0.1) is 0 Å². The van der Waals surface area contributed by atoms with Crippen molar-refractivity contribution in [3.63, 3.8) is 0 Å². The number of ether oxygens (including phenoxy) is 2. The lowest BCUT2D eigenvalue weighted by Crippen LogP contribution is -2.42. The van der Waals surface area contributed by atoms with E-state index in [-0.39, 0.29) is 19.8 Å². The van der Waals surface area contributed by atoms with Gasteiger partial charge in [0.25, 0.3) is 5.91 Å². The fourth-order valence-corrected chi connectivity index (χ4v) is 6.18. The Morgan fingerprint density at radius 2 is 1.91 bits per heavy atom. The van der Waals surface area contributed by atoms with Crippen molar-refractivity contribution < 1.29 is 29.0 Å². The van der Waals surface area contributed by atoms with Crippen molar-refractivity contribution in [2.45, 2.75) is 31.8 Å². The Hall–Kier alpha value is -4.58. The maximum absolute atomic E-state index is 13.3. The van der Waals surface area contributed by atoms with Gasteiger partial charge in [0.2, 0.25) is 0 Å². The predicted octanol–water partition coefficient (Wildman–Crippen LogP) is 5.49. The largest absolute Gasteiger partial charge is 0.490 e. The number of aliphatic carboxylic acids is 1. The summed E-state index contributed by atoms with van der Waals surface area (Å²) in [6.45, 7) is 2.86. The van der Waals surface area contributed by atoms with E-state index in [0.29, 0.717) is 51.8 Å². The molecule has 2 heterocycles. The number of nitrogens with zero attached hydrogens (tertiary/aromatic N) is 3. The number of hydrogen-bond donors (Lipinski definition) is 3. The zero-order chi connectivity index (χ0) is 33.2. The van der Waals surface area contributed by atoms with Crippen LogP contribution in [0.3, 0.4) is 0 Å². The Morgan fingerprint density at radius 3 is 2.72 bits per heavy atom. The van der Waals surface area contributed by atoms with E-state index < -0.39 is 24.0 Å². The van der Waals surface area contributed by atoms with Gasteiger partial charge >= 0.3 is 12.1 Å². The van der Waals surface area contributed by atoms with Gasteiger partial charge in [-0.1, -0.05) is 41.4 Å².